The van der Waals surface area contributed by atoms with E-state index in [4.69, 9.17) is 12.2 Å². The van der Waals surface area contributed by atoms with Gasteiger partial charge in [-0.15, -0.1) is 0 Å². The number of nitrogens with one attached hydrogen (secondary N) is 4. The number of carbonyl (C=O) groups is 1. The van der Waals surface area contributed by atoms with Crippen LogP contribution < -0.4 is 20.9 Å². The van der Waals surface area contributed by atoms with Crippen LogP contribution in [0.3, 0.4) is 0 Å². The summed E-state index contributed by atoms with van der Waals surface area (Å²) in [6.45, 7) is 0.124. The molecule has 0 aromatic heterocycles. The summed E-state index contributed by atoms with van der Waals surface area (Å²) in [6, 6.07) is 15.8. The number of para-hydroxylation sites is 1. The fourth-order valence-electron chi connectivity index (χ4n) is 2.39. The second-order valence-corrected chi connectivity index (χ2v) is 7.63. The molecule has 0 unspecified atom stereocenters. The van der Waals surface area contributed by atoms with Crippen LogP contribution in [0.1, 0.15) is 12.0 Å². The van der Waals surface area contributed by atoms with E-state index >= 15 is 0 Å². The number of amidine groups is 1. The summed E-state index contributed by atoms with van der Waals surface area (Å²) in [7, 11) is -3.58. The molecule has 1 amide bonds. The Bertz CT molecular complexity index is 991. The third kappa shape index (κ3) is 4.80. The molecule has 0 radical (unpaired) electrons. The number of nitrogens with zero attached hydrogens (tertiary/aromatic N) is 1. The van der Waals surface area contributed by atoms with Crippen LogP contribution in [0.2, 0.25) is 0 Å². The summed E-state index contributed by atoms with van der Waals surface area (Å²) < 4.78 is 26.4. The van der Waals surface area contributed by atoms with Crippen LogP contribution in [-0.4, -0.2) is 31.8 Å². The van der Waals surface area contributed by atoms with E-state index in [2.05, 4.69) is 25.9 Å². The summed E-state index contributed by atoms with van der Waals surface area (Å²) in [5.74, 6) is -0.0849. The van der Waals surface area contributed by atoms with Crippen LogP contribution in [-0.2, 0) is 14.8 Å². The molecule has 27 heavy (non-hydrogen) atoms. The molecule has 1 heterocycles. The topological polar surface area (TPSA) is 112 Å². The van der Waals surface area contributed by atoms with Gasteiger partial charge in [-0.1, -0.05) is 30.3 Å². The highest BCUT2D eigenvalue weighted by Crippen LogP contribution is 2.22. The van der Waals surface area contributed by atoms with Gasteiger partial charge in [-0.05, 0) is 36.5 Å². The predicted octanol–water partition coefficient (Wildman–Crippen LogP) is 1.13. The minimum atomic E-state index is -3.58. The number of amides is 1. The smallest absolute Gasteiger partial charge is 0.263 e. The molecule has 10 heteroatoms. The van der Waals surface area contributed by atoms with Gasteiger partial charge in [0, 0.05) is 17.7 Å². The van der Waals surface area contributed by atoms with E-state index in [1.807, 2.05) is 30.3 Å². The zero-order chi connectivity index (χ0) is 19.3. The molecule has 0 fully saturated rings. The van der Waals surface area contributed by atoms with Crippen molar-refractivity contribution in [3.05, 3.63) is 60.2 Å². The van der Waals surface area contributed by atoms with Crippen LogP contribution >= 0.6 is 12.2 Å². The number of hydrazine groups is 1. The number of carbonyl (C=O) groups excluding carboxylic acids is 1. The van der Waals surface area contributed by atoms with Crippen LogP contribution in [0.15, 0.2) is 64.5 Å². The van der Waals surface area contributed by atoms with Crippen LogP contribution in [0, 0.1) is 0 Å². The zero-order valence-corrected chi connectivity index (χ0v) is 15.7. The summed E-state index contributed by atoms with van der Waals surface area (Å²) in [4.78, 5) is 16.2. The molecule has 2 aromatic rings. The first-order valence-electron chi connectivity index (χ1n) is 8.03. The van der Waals surface area contributed by atoms with E-state index in [9.17, 15) is 13.2 Å². The third-order valence-electron chi connectivity index (χ3n) is 3.62. The highest BCUT2D eigenvalue weighted by molar-refractivity contribution is 7.90. The van der Waals surface area contributed by atoms with E-state index in [0.29, 0.717) is 5.56 Å². The fourth-order valence-corrected chi connectivity index (χ4v) is 3.81. The molecule has 0 saturated carbocycles. The van der Waals surface area contributed by atoms with Crippen molar-refractivity contribution in [3.63, 3.8) is 0 Å². The molecule has 4 N–H and O–H groups in total. The molecule has 1 aliphatic heterocycles. The van der Waals surface area contributed by atoms with Crippen molar-refractivity contribution in [3.8, 4) is 0 Å². The van der Waals surface area contributed by atoms with Gasteiger partial charge in [0.1, 0.15) is 5.84 Å². The lowest BCUT2D eigenvalue weighted by atomic mass is 10.2. The van der Waals surface area contributed by atoms with Gasteiger partial charge in [0.25, 0.3) is 10.0 Å². The lowest BCUT2D eigenvalue weighted by molar-refractivity contribution is -0.121. The number of hydrogen-bond acceptors (Lipinski definition) is 5. The summed E-state index contributed by atoms with van der Waals surface area (Å²) >= 11 is 5.08. The molecule has 0 spiro atoms. The van der Waals surface area contributed by atoms with Crippen molar-refractivity contribution in [1.29, 1.82) is 0 Å². The lowest BCUT2D eigenvalue weighted by Gasteiger charge is -2.11. The van der Waals surface area contributed by atoms with Gasteiger partial charge in [0.05, 0.1) is 11.4 Å². The van der Waals surface area contributed by atoms with Crippen LogP contribution in [0.4, 0.5) is 5.69 Å². The Kier molecular flexibility index (Phi) is 5.67. The highest BCUT2D eigenvalue weighted by Gasteiger charge is 2.29. The largest absolute Gasteiger partial charge is 0.331 e. The first kappa shape index (κ1) is 18.8. The second kappa shape index (κ2) is 8.14. The molecular formula is C17H17N5O3S2. The molecule has 8 nitrogen and oxygen atoms in total. The number of benzene rings is 2. The number of anilines is 1. The van der Waals surface area contributed by atoms with Crippen LogP contribution in [0.5, 0.6) is 0 Å². The zero-order valence-electron chi connectivity index (χ0n) is 14.1. The number of hydrogen-bond donors (Lipinski definition) is 4. The van der Waals surface area contributed by atoms with E-state index in [1.165, 1.54) is 6.07 Å². The summed E-state index contributed by atoms with van der Waals surface area (Å²) in [5, 5.41) is 3.17. The van der Waals surface area contributed by atoms with E-state index in [1.54, 1.807) is 18.2 Å². The lowest BCUT2D eigenvalue weighted by Crippen LogP contribution is -2.43. The quantitative estimate of drug-likeness (QED) is 0.450. The SMILES string of the molecule is O=C(CCN=C1NS(=O)(=O)c2ccccc21)NNC(=S)Nc1ccccc1. The minimum absolute atomic E-state index is 0.0638. The summed E-state index contributed by atoms with van der Waals surface area (Å²) in [6.07, 6.45) is 0.0638. The van der Waals surface area contributed by atoms with E-state index in [0.717, 1.165) is 5.69 Å². The Labute approximate surface area is 162 Å². The van der Waals surface area contributed by atoms with Crippen molar-refractivity contribution in [2.45, 2.75) is 11.3 Å². The summed E-state index contributed by atoms with van der Waals surface area (Å²) in [5.41, 5.74) is 6.36. The maximum Gasteiger partial charge on any atom is 0.263 e. The first-order chi connectivity index (χ1) is 13.0. The van der Waals surface area contributed by atoms with E-state index in [-0.39, 0.29) is 34.7 Å². The number of aliphatic imine (C=N–C) groups is 1. The number of thiocarbonyl (C=S) groups is 1. The Morgan fingerprint density at radius 3 is 2.52 bits per heavy atom. The van der Waals surface area contributed by atoms with Gasteiger partial charge in [-0.25, -0.2) is 8.42 Å². The molecule has 0 saturated heterocycles. The molecule has 0 atom stereocenters. The standard InChI is InChI=1S/C17H17N5O3S2/c23-15(20-21-17(26)19-12-6-2-1-3-7-12)10-11-18-16-13-8-4-5-9-14(13)27(24,25)22-16/h1-9H,10-11H2,(H,18,22)(H,20,23)(H2,19,21,26). The van der Waals surface area contributed by atoms with Gasteiger partial charge >= 0.3 is 0 Å². The van der Waals surface area contributed by atoms with Crippen molar-refractivity contribution < 1.29 is 13.2 Å². The molecule has 140 valence electrons. The van der Waals surface area contributed by atoms with Crippen molar-refractivity contribution in [1.82, 2.24) is 15.6 Å². The molecule has 0 aliphatic carbocycles. The Morgan fingerprint density at radius 1 is 1.04 bits per heavy atom. The minimum Gasteiger partial charge on any atom is -0.331 e. The predicted molar refractivity (Wildman–Crippen MR) is 107 cm³/mol. The van der Waals surface area contributed by atoms with Gasteiger partial charge in [-0.3, -0.25) is 25.4 Å². The van der Waals surface area contributed by atoms with Gasteiger partial charge < -0.3 is 5.32 Å². The van der Waals surface area contributed by atoms with Crippen molar-refractivity contribution >= 4 is 44.8 Å². The molecule has 2 aromatic carbocycles. The average Bonchev–Trinajstić information content (AvgIpc) is 2.92. The maximum absolute atomic E-state index is 12.0. The van der Waals surface area contributed by atoms with Crippen molar-refractivity contribution in [2.24, 2.45) is 4.99 Å². The Balaban J connectivity index is 1.47. The van der Waals surface area contributed by atoms with Gasteiger partial charge in [0.15, 0.2) is 5.11 Å². The molecule has 1 aliphatic rings. The van der Waals surface area contributed by atoms with Gasteiger partial charge in [-0.2, -0.15) is 0 Å². The van der Waals surface area contributed by atoms with E-state index < -0.39 is 10.0 Å². The Hall–Kier alpha value is -2.98. The van der Waals surface area contributed by atoms with Gasteiger partial charge in [0.2, 0.25) is 5.91 Å². The number of rotatable bonds is 4. The maximum atomic E-state index is 12.0. The molecule has 0 bridgehead atoms. The first-order valence-corrected chi connectivity index (χ1v) is 9.92. The fraction of sp³-hybridized carbons (Fsp3) is 0.118. The highest BCUT2D eigenvalue weighted by atomic mass is 32.2. The molecular weight excluding hydrogens is 386 g/mol. The second-order valence-electron chi connectivity index (χ2n) is 5.58. The molecule has 3 rings (SSSR count). The van der Waals surface area contributed by atoms with Crippen LogP contribution in [0.25, 0.3) is 0 Å². The number of fused-ring (bicyclic) bond motifs is 1. The monoisotopic (exact) mass is 403 g/mol. The normalized spacial score (nSPS) is 15.5. The number of sulfonamides is 1. The Morgan fingerprint density at radius 2 is 1.74 bits per heavy atom. The van der Waals surface area contributed by atoms with Crippen molar-refractivity contribution in [2.75, 3.05) is 11.9 Å². The average molecular weight is 403 g/mol. The third-order valence-corrected chi connectivity index (χ3v) is 5.22.